The molecular weight excluding hydrogens is 1300 g/mol. The maximum absolute atomic E-state index is 14.8. The number of ether oxygens (including phenoxy) is 2. The van der Waals surface area contributed by atoms with E-state index < -0.39 is 48.8 Å². The largest absolute Gasteiger partial charge is 0.445 e. The lowest BCUT2D eigenvalue weighted by Crippen LogP contribution is -2.43. The predicted octanol–water partition coefficient (Wildman–Crippen LogP) is 12.2. The van der Waals surface area contributed by atoms with E-state index in [1.807, 2.05) is 86.2 Å². The number of carbonyl (C=O) groups is 4. The Kier molecular flexibility index (Phi) is 22.8. The topological polar surface area (TPSA) is 276 Å². The Morgan fingerprint density at radius 2 is 1.29 bits per heavy atom. The maximum Gasteiger partial charge on any atom is 0.410 e. The first-order valence-corrected chi connectivity index (χ1v) is 37.5. The van der Waals surface area contributed by atoms with E-state index in [0.29, 0.717) is 67.7 Å². The van der Waals surface area contributed by atoms with Crippen LogP contribution in [0.4, 0.5) is 31.4 Å². The minimum atomic E-state index is -4.44. The Bertz CT molecular complexity index is 4060. The number of carbonyl (C=O) groups excluding carboxylic acids is 4. The van der Waals surface area contributed by atoms with Gasteiger partial charge in [0.2, 0.25) is 5.95 Å². The van der Waals surface area contributed by atoms with Crippen molar-refractivity contribution >= 4 is 61.5 Å². The van der Waals surface area contributed by atoms with Crippen LogP contribution in [0.25, 0.3) is 0 Å². The van der Waals surface area contributed by atoms with Gasteiger partial charge in [-0.05, 0) is 182 Å². The summed E-state index contributed by atoms with van der Waals surface area (Å²) in [4.78, 5) is 75.7. The molecule has 4 atom stereocenters. The molecule has 4 fully saturated rings. The van der Waals surface area contributed by atoms with E-state index in [4.69, 9.17) is 14.5 Å². The van der Waals surface area contributed by atoms with Crippen LogP contribution in [0, 0.1) is 29.6 Å². The van der Waals surface area contributed by atoms with E-state index in [0.717, 1.165) is 87.6 Å². The third-order valence-electron chi connectivity index (χ3n) is 19.7. The highest BCUT2D eigenvalue weighted by Gasteiger charge is 2.43. The van der Waals surface area contributed by atoms with Crippen molar-refractivity contribution in [1.29, 1.82) is 0 Å². The van der Waals surface area contributed by atoms with Crippen molar-refractivity contribution < 1.29 is 49.9 Å². The van der Waals surface area contributed by atoms with Crippen molar-refractivity contribution in [3.8, 4) is 0 Å². The summed E-state index contributed by atoms with van der Waals surface area (Å²) in [7, 11) is -8.73. The molecular formula is C74H97FN12O10S2. The Labute approximate surface area is 582 Å². The molecule has 9 heterocycles. The van der Waals surface area contributed by atoms with Crippen LogP contribution in [0.2, 0.25) is 0 Å². The highest BCUT2D eigenvalue weighted by Crippen LogP contribution is 2.42. The lowest BCUT2D eigenvalue weighted by Gasteiger charge is -2.36. The highest BCUT2D eigenvalue weighted by molar-refractivity contribution is 7.90. The van der Waals surface area contributed by atoms with Crippen LogP contribution < -0.4 is 30.3 Å². The van der Waals surface area contributed by atoms with Gasteiger partial charge in [-0.1, -0.05) is 114 Å². The molecule has 5 N–H and O–H groups in total. The number of benzene rings is 2. The van der Waals surface area contributed by atoms with Crippen LogP contribution >= 0.6 is 0 Å². The number of pyridine rings is 4. The molecule has 0 saturated carbocycles. The Hall–Kier alpha value is -8.29. The summed E-state index contributed by atoms with van der Waals surface area (Å²) in [6, 6.07) is 34.8. The smallest absolute Gasteiger partial charge is 0.410 e. The van der Waals surface area contributed by atoms with E-state index in [1.165, 1.54) is 24.3 Å². The van der Waals surface area contributed by atoms with Crippen LogP contribution in [0.3, 0.4) is 0 Å². The average molecular weight is 1400 g/mol. The first-order valence-electron chi connectivity index (χ1n) is 34.5. The van der Waals surface area contributed by atoms with E-state index >= 15 is 0 Å². The number of aromatic nitrogens is 4. The molecule has 6 aromatic rings. The van der Waals surface area contributed by atoms with Gasteiger partial charge in [-0.25, -0.2) is 39.0 Å². The zero-order valence-corrected chi connectivity index (χ0v) is 60.3. The first kappa shape index (κ1) is 73.4. The van der Waals surface area contributed by atoms with Crippen LogP contribution in [0.1, 0.15) is 177 Å². The number of sulfonamides is 2. The second-order valence-electron chi connectivity index (χ2n) is 30.4. The van der Waals surface area contributed by atoms with Gasteiger partial charge in [0, 0.05) is 78.1 Å². The molecule has 99 heavy (non-hydrogen) atoms. The lowest BCUT2D eigenvalue weighted by molar-refractivity contribution is 0.0793. The molecule has 0 spiro atoms. The van der Waals surface area contributed by atoms with Gasteiger partial charge < -0.3 is 40.1 Å². The molecule has 532 valence electrons. The van der Waals surface area contributed by atoms with Crippen molar-refractivity contribution in [3.63, 3.8) is 0 Å². The number of fused-ring (bicyclic) bond motifs is 6. The van der Waals surface area contributed by atoms with Crippen LogP contribution in [-0.2, 0) is 53.6 Å². The number of hydrogen-bond donors (Lipinski definition) is 5. The number of anilines is 3. The second-order valence-corrected chi connectivity index (χ2v) is 33.7. The van der Waals surface area contributed by atoms with Gasteiger partial charge in [-0.2, -0.15) is 21.2 Å². The molecule has 4 bridgehead atoms. The summed E-state index contributed by atoms with van der Waals surface area (Å²) in [6.07, 6.45) is 7.93. The fraction of sp³-hybridized carbons (Fsp3) is 0.514. The Balaban J connectivity index is 0.000000214. The number of piperidine rings is 2. The zero-order chi connectivity index (χ0) is 71.1. The third kappa shape index (κ3) is 19.2. The van der Waals surface area contributed by atoms with Gasteiger partial charge in [0.25, 0.3) is 31.9 Å². The SMILES string of the molecule is CC(C)(C)c1ccc2c(n1)N1C[C@@H](CCC(C3CCN(C(=O)OCc4ccccc4)CC3)Nc3cccc(n3)S(=O)(=O)NC2=O)CC1(C)C.CC1(C)C[C@H](CCC(Nc2cccc(S(=O)(=O)NC(=O)c3ccc(C(C)(C)C)nc3F)n2)C2CCN(C(=O)OCc3ccccc3)CC2)CN1. The number of likely N-dealkylation sites (tertiary alicyclic amines) is 2. The average Bonchev–Trinajstić information content (AvgIpc) is 1.72. The maximum atomic E-state index is 14.8. The molecule has 2 aromatic carbocycles. The number of halogens is 1. The molecule has 5 aliphatic heterocycles. The summed E-state index contributed by atoms with van der Waals surface area (Å²) >= 11 is 0. The van der Waals surface area contributed by atoms with Gasteiger partial charge in [-0.3, -0.25) is 9.59 Å². The predicted molar refractivity (Wildman–Crippen MR) is 378 cm³/mol. The second kappa shape index (κ2) is 30.7. The molecule has 2 unspecified atom stereocenters. The van der Waals surface area contributed by atoms with Crippen molar-refractivity contribution in [3.05, 3.63) is 161 Å². The molecule has 25 heteroatoms. The summed E-state index contributed by atoms with van der Waals surface area (Å²) in [5.74, 6) is -0.354. The van der Waals surface area contributed by atoms with Gasteiger partial charge in [0.05, 0.1) is 11.1 Å². The third-order valence-corrected chi connectivity index (χ3v) is 22.1. The number of amides is 4. The van der Waals surface area contributed by atoms with E-state index in [1.54, 1.807) is 46.2 Å². The van der Waals surface area contributed by atoms with Gasteiger partial charge in [0.15, 0.2) is 10.1 Å². The standard InChI is InChI=1S/C37H49FN6O5S.C37H48N6O5S/c1-36(2,3)30-17-15-28(33(38)41-30)34(45)43-50(47,48)32-13-9-12-31(42-32)40-29(16-14-26-22-37(4,5)39-23-26)27-18-20-44(21-19-27)35(46)49-24-25-10-7-6-8-11-25;1-36(2,3)30-17-15-28-33(39-30)43-23-26(22-37(43,4)5)14-16-29(38-31-12-9-13-32(40-31)49(46,47)41-34(28)44)27-18-20-42(21-19-27)35(45)48-24-25-10-7-6-8-11-25/h6-13,15,17,26-27,29,39H,14,16,18-24H2,1-5H3,(H,40,42)(H,43,45);6-13,15,17,26-27,29H,14,16,18-24H2,1-5H3,(H,38,40)(H,41,44)/t2*26-,29?/m00/s1. The zero-order valence-electron chi connectivity index (χ0n) is 58.6. The molecule has 4 saturated heterocycles. The minimum absolute atomic E-state index is 0.00253. The first-order chi connectivity index (χ1) is 46.8. The van der Waals surface area contributed by atoms with Crippen LogP contribution in [-0.4, -0.2) is 133 Å². The van der Waals surface area contributed by atoms with E-state index in [-0.39, 0.29) is 81.4 Å². The van der Waals surface area contributed by atoms with Crippen LogP contribution in [0.5, 0.6) is 0 Å². The summed E-state index contributed by atoms with van der Waals surface area (Å²) in [5, 5.41) is 10.0. The normalized spacial score (nSPS) is 20.7. The van der Waals surface area contributed by atoms with E-state index in [9.17, 15) is 40.4 Å². The molecule has 5 aliphatic rings. The fourth-order valence-electron chi connectivity index (χ4n) is 14.1. The quantitative estimate of drug-likeness (QED) is 0.0634. The van der Waals surface area contributed by atoms with Gasteiger partial charge in [-0.15, -0.1) is 0 Å². The lowest BCUT2D eigenvalue weighted by atomic mass is 9.84. The monoisotopic (exact) mass is 1400 g/mol. The number of hydrogen-bond acceptors (Lipinski definition) is 18. The molecule has 0 aliphatic carbocycles. The van der Waals surface area contributed by atoms with Crippen molar-refractivity contribution in [1.82, 2.24) is 44.5 Å². The number of rotatable bonds is 14. The summed E-state index contributed by atoms with van der Waals surface area (Å²) in [5.41, 5.74) is 1.95. The molecule has 4 aromatic heterocycles. The summed E-state index contributed by atoms with van der Waals surface area (Å²) < 4.78 is 83.8. The molecule has 11 rings (SSSR count). The fourth-order valence-corrected chi connectivity index (χ4v) is 16.0. The Morgan fingerprint density at radius 3 is 1.89 bits per heavy atom. The number of nitrogens with zero attached hydrogens (tertiary/aromatic N) is 7. The van der Waals surface area contributed by atoms with Gasteiger partial charge in [0.1, 0.15) is 30.7 Å². The highest BCUT2D eigenvalue weighted by atomic mass is 32.2. The Morgan fingerprint density at radius 1 is 0.697 bits per heavy atom. The minimum Gasteiger partial charge on any atom is -0.445 e. The number of nitrogens with one attached hydrogen (secondary N) is 5. The summed E-state index contributed by atoms with van der Waals surface area (Å²) in [6.45, 7) is 24.9. The molecule has 0 radical (unpaired) electrons. The van der Waals surface area contributed by atoms with Crippen molar-refractivity contribution in [2.24, 2.45) is 23.7 Å². The van der Waals surface area contributed by atoms with E-state index in [2.05, 4.69) is 89.0 Å². The van der Waals surface area contributed by atoms with Crippen molar-refractivity contribution in [2.75, 3.05) is 54.8 Å². The van der Waals surface area contributed by atoms with Gasteiger partial charge >= 0.3 is 12.2 Å². The van der Waals surface area contributed by atoms with Crippen molar-refractivity contribution in [2.45, 2.75) is 191 Å². The molecule has 22 nitrogen and oxygen atoms in total. The van der Waals surface area contributed by atoms with Crippen LogP contribution in [0.15, 0.2) is 131 Å². The molecule has 4 amide bonds.